The maximum atomic E-state index is 14.6. The Kier molecular flexibility index (Phi) is 6.30. The average molecular weight is 501 g/mol. The van der Waals surface area contributed by atoms with Crippen LogP contribution < -0.4 is 5.32 Å². The Labute approximate surface area is 212 Å². The number of rotatable bonds is 6. The molecule has 9 heteroatoms. The molecule has 0 bridgehead atoms. The van der Waals surface area contributed by atoms with Crippen LogP contribution in [-0.2, 0) is 12.1 Å². The monoisotopic (exact) mass is 500 g/mol. The number of halogens is 2. The van der Waals surface area contributed by atoms with Gasteiger partial charge in [-0.1, -0.05) is 17.7 Å². The quantitative estimate of drug-likeness (QED) is 0.305. The van der Waals surface area contributed by atoms with Gasteiger partial charge in [-0.25, -0.2) is 24.3 Å². The van der Waals surface area contributed by atoms with Gasteiger partial charge in [0.15, 0.2) is 11.6 Å². The molecule has 2 aromatic carbocycles. The van der Waals surface area contributed by atoms with E-state index >= 15 is 0 Å². The number of aromatic nitrogens is 5. The van der Waals surface area contributed by atoms with Crippen molar-refractivity contribution in [2.24, 2.45) is 0 Å². The lowest BCUT2D eigenvalue weighted by molar-refractivity contribution is 0.0687. The fourth-order valence-electron chi connectivity index (χ4n) is 3.80. The normalized spacial score (nSPS) is 11.6. The Balaban J connectivity index is 1.47. The number of fused-ring (bicyclic) bond motifs is 1. The molecule has 2 N–H and O–H groups in total. The van der Waals surface area contributed by atoms with Gasteiger partial charge in [0, 0.05) is 59.6 Å². The maximum absolute atomic E-state index is 14.6. The summed E-state index contributed by atoms with van der Waals surface area (Å²) >= 11 is 6.51. The van der Waals surface area contributed by atoms with E-state index < -0.39 is 5.60 Å². The van der Waals surface area contributed by atoms with Gasteiger partial charge in [0.25, 0.3) is 0 Å². The highest BCUT2D eigenvalue weighted by molar-refractivity contribution is 6.34. The third kappa shape index (κ3) is 4.86. The summed E-state index contributed by atoms with van der Waals surface area (Å²) in [7, 11) is 0. The number of hydrogen-bond acceptors (Lipinski definition) is 7. The summed E-state index contributed by atoms with van der Waals surface area (Å²) in [6.07, 6.45) is 8.19. The molecule has 3 aromatic heterocycles. The Morgan fingerprint density at radius 1 is 0.889 bits per heavy atom. The summed E-state index contributed by atoms with van der Waals surface area (Å²) in [5.41, 5.74) is 3.04. The van der Waals surface area contributed by atoms with E-state index in [9.17, 15) is 9.50 Å². The lowest BCUT2D eigenvalue weighted by Gasteiger charge is -2.15. The summed E-state index contributed by atoms with van der Waals surface area (Å²) in [5.74, 6) is 0.513. The third-order valence-corrected chi connectivity index (χ3v) is 5.97. The summed E-state index contributed by atoms with van der Waals surface area (Å²) < 4.78 is 14.6. The van der Waals surface area contributed by atoms with Gasteiger partial charge in [-0.05, 0) is 55.8 Å². The first kappa shape index (κ1) is 23.7. The zero-order valence-corrected chi connectivity index (χ0v) is 20.3. The lowest BCUT2D eigenvalue weighted by atomic mass is 10.0. The minimum Gasteiger partial charge on any atom is -0.382 e. The van der Waals surface area contributed by atoms with E-state index in [0.717, 1.165) is 27.6 Å². The summed E-state index contributed by atoms with van der Waals surface area (Å²) in [6, 6.07) is 12.2. The molecule has 0 atom stereocenters. The predicted molar refractivity (Wildman–Crippen MR) is 138 cm³/mol. The van der Waals surface area contributed by atoms with Crippen molar-refractivity contribution in [1.82, 2.24) is 24.9 Å². The maximum Gasteiger partial charge on any atom is 0.159 e. The molecule has 0 aliphatic carbocycles. The fraction of sp³-hybridized carbons (Fsp3) is 0.148. The van der Waals surface area contributed by atoms with E-state index in [1.54, 1.807) is 63.0 Å². The molecule has 0 aliphatic heterocycles. The highest BCUT2D eigenvalue weighted by Gasteiger charge is 2.19. The lowest BCUT2D eigenvalue weighted by Crippen LogP contribution is -2.19. The van der Waals surface area contributed by atoms with Crippen LogP contribution in [0.3, 0.4) is 0 Å². The van der Waals surface area contributed by atoms with E-state index in [4.69, 9.17) is 11.6 Å². The van der Waals surface area contributed by atoms with Crippen LogP contribution in [0.1, 0.15) is 25.2 Å². The van der Waals surface area contributed by atoms with Crippen molar-refractivity contribution >= 4 is 28.2 Å². The molecule has 0 unspecified atom stereocenters. The Morgan fingerprint density at radius 2 is 1.61 bits per heavy atom. The average Bonchev–Trinajstić information content (AvgIpc) is 2.89. The van der Waals surface area contributed by atoms with E-state index in [-0.39, 0.29) is 12.4 Å². The second-order valence-electron chi connectivity index (χ2n) is 8.80. The summed E-state index contributed by atoms with van der Waals surface area (Å²) in [6.45, 7) is 3.46. The van der Waals surface area contributed by atoms with Crippen LogP contribution in [-0.4, -0.2) is 30.0 Å². The molecule has 180 valence electrons. The molecule has 0 saturated heterocycles. The zero-order valence-electron chi connectivity index (χ0n) is 19.6. The molecule has 0 spiro atoms. The van der Waals surface area contributed by atoms with Gasteiger partial charge in [-0.3, -0.25) is 4.98 Å². The van der Waals surface area contributed by atoms with Gasteiger partial charge < -0.3 is 10.4 Å². The molecule has 7 nitrogen and oxygen atoms in total. The largest absolute Gasteiger partial charge is 0.382 e. The molecule has 36 heavy (non-hydrogen) atoms. The predicted octanol–water partition coefficient (Wildman–Crippen LogP) is 5.78. The molecule has 0 radical (unpaired) electrons. The number of pyridine rings is 1. The molecule has 0 amide bonds. The van der Waals surface area contributed by atoms with Crippen LogP contribution >= 0.6 is 11.6 Å². The second-order valence-corrected chi connectivity index (χ2v) is 9.21. The van der Waals surface area contributed by atoms with E-state index in [2.05, 4.69) is 30.2 Å². The molecule has 5 rings (SSSR count). The van der Waals surface area contributed by atoms with Gasteiger partial charge in [0.05, 0.1) is 16.2 Å². The number of aliphatic hydroxyl groups is 1. The minimum atomic E-state index is -1.13. The van der Waals surface area contributed by atoms with E-state index in [0.29, 0.717) is 27.9 Å². The van der Waals surface area contributed by atoms with Gasteiger partial charge in [-0.15, -0.1) is 0 Å². The number of anilines is 1. The Hall–Kier alpha value is -4.01. The van der Waals surface area contributed by atoms with Crippen LogP contribution in [0.2, 0.25) is 5.02 Å². The molecule has 5 aromatic rings. The van der Waals surface area contributed by atoms with Crippen molar-refractivity contribution in [2.75, 3.05) is 5.32 Å². The fourth-order valence-corrected chi connectivity index (χ4v) is 4.02. The third-order valence-electron chi connectivity index (χ3n) is 5.68. The first-order valence-corrected chi connectivity index (χ1v) is 11.6. The Bertz CT molecular complexity index is 1540. The zero-order chi connectivity index (χ0) is 25.3. The van der Waals surface area contributed by atoms with Crippen molar-refractivity contribution in [2.45, 2.75) is 26.0 Å². The molecule has 0 saturated carbocycles. The summed E-state index contributed by atoms with van der Waals surface area (Å²) in [4.78, 5) is 21.5. The van der Waals surface area contributed by atoms with Crippen LogP contribution in [0.5, 0.6) is 0 Å². The SMILES string of the molecule is CC(C)(O)c1ncc(-c2ccc3ncc(Cl)c(NCc4cc(-c5ncccn5)ccc4F)c3c2)cn1. The van der Waals surface area contributed by atoms with Gasteiger partial charge in [0.1, 0.15) is 11.4 Å². The first-order valence-electron chi connectivity index (χ1n) is 11.2. The van der Waals surface area contributed by atoms with Crippen molar-refractivity contribution in [3.63, 3.8) is 0 Å². The topological polar surface area (TPSA) is 96.7 Å². The van der Waals surface area contributed by atoms with Crippen LogP contribution in [0.4, 0.5) is 10.1 Å². The van der Waals surface area contributed by atoms with Crippen molar-refractivity contribution in [3.05, 3.63) is 95.7 Å². The molecule has 3 heterocycles. The van der Waals surface area contributed by atoms with Gasteiger partial charge >= 0.3 is 0 Å². The van der Waals surface area contributed by atoms with Gasteiger partial charge in [0.2, 0.25) is 0 Å². The van der Waals surface area contributed by atoms with E-state index in [1.807, 2.05) is 18.2 Å². The molecule has 0 fully saturated rings. The van der Waals surface area contributed by atoms with Crippen LogP contribution in [0.25, 0.3) is 33.4 Å². The van der Waals surface area contributed by atoms with Crippen molar-refractivity contribution in [1.29, 1.82) is 0 Å². The number of nitrogens with one attached hydrogen (secondary N) is 1. The Morgan fingerprint density at radius 3 is 2.33 bits per heavy atom. The molecular formula is C27H22ClFN6O. The standard InChI is InChI=1S/C27H22ClFN6O/c1-27(2,36)26-34-13-19(14-35-26)16-5-7-23-20(11-16)24(21(28)15-32-23)33-12-18-10-17(4-6-22(18)29)25-30-8-3-9-31-25/h3-11,13-15,36H,12H2,1-2H3,(H,32,33). The minimum absolute atomic E-state index is 0.193. The smallest absolute Gasteiger partial charge is 0.159 e. The van der Waals surface area contributed by atoms with Crippen molar-refractivity contribution < 1.29 is 9.50 Å². The summed E-state index contributed by atoms with van der Waals surface area (Å²) in [5, 5.41) is 14.6. The highest BCUT2D eigenvalue weighted by Crippen LogP contribution is 2.33. The number of hydrogen-bond donors (Lipinski definition) is 2. The van der Waals surface area contributed by atoms with Crippen molar-refractivity contribution in [3.8, 4) is 22.5 Å². The van der Waals surface area contributed by atoms with E-state index in [1.165, 1.54) is 6.07 Å². The molecular weight excluding hydrogens is 479 g/mol. The van der Waals surface area contributed by atoms with Crippen LogP contribution in [0, 0.1) is 5.82 Å². The number of benzene rings is 2. The first-order chi connectivity index (χ1) is 17.3. The van der Waals surface area contributed by atoms with Crippen LogP contribution in [0.15, 0.2) is 73.4 Å². The highest BCUT2D eigenvalue weighted by atomic mass is 35.5. The number of nitrogens with zero attached hydrogens (tertiary/aromatic N) is 5. The van der Waals surface area contributed by atoms with Gasteiger partial charge in [-0.2, -0.15) is 0 Å². The second kappa shape index (κ2) is 9.56. The molecule has 0 aliphatic rings.